The van der Waals surface area contributed by atoms with Crippen LogP contribution in [-0.2, 0) is 21.5 Å². The molecule has 0 aromatic carbocycles. The largest absolute Gasteiger partial charge is 0.479 e. The van der Waals surface area contributed by atoms with Crippen LogP contribution >= 0.6 is 0 Å². The summed E-state index contributed by atoms with van der Waals surface area (Å²) in [7, 11) is 0. The Bertz CT molecular complexity index is 424. The highest BCUT2D eigenvalue weighted by molar-refractivity contribution is 5.75. The van der Waals surface area contributed by atoms with Crippen molar-refractivity contribution in [1.29, 1.82) is 0 Å². The van der Waals surface area contributed by atoms with Crippen LogP contribution in [0.1, 0.15) is 38.9 Å². The molecule has 1 saturated heterocycles. The quantitative estimate of drug-likeness (QED) is 0.827. The Balaban J connectivity index is 2.05. The van der Waals surface area contributed by atoms with Gasteiger partial charge in [0.15, 0.2) is 11.4 Å². The van der Waals surface area contributed by atoms with E-state index in [2.05, 4.69) is 15.5 Å². The fourth-order valence-corrected chi connectivity index (χ4v) is 2.05. The van der Waals surface area contributed by atoms with Crippen molar-refractivity contribution in [3.05, 3.63) is 5.82 Å². The number of aryl methyl sites for hydroxylation is 1. The van der Waals surface area contributed by atoms with E-state index in [1.54, 1.807) is 13.8 Å². The molecule has 1 aromatic rings. The van der Waals surface area contributed by atoms with Gasteiger partial charge in [-0.25, -0.2) is 9.48 Å². The number of nitrogens with zero attached hydrogens (tertiary/aromatic N) is 4. The maximum absolute atomic E-state index is 11.2. The molecule has 1 aromatic heterocycles. The van der Waals surface area contributed by atoms with Gasteiger partial charge in [-0.3, -0.25) is 0 Å². The predicted molar refractivity (Wildman–Crippen MR) is 62.1 cm³/mol. The summed E-state index contributed by atoms with van der Waals surface area (Å²) >= 11 is 0. The van der Waals surface area contributed by atoms with Gasteiger partial charge in [-0.2, -0.15) is 0 Å². The topological polar surface area (TPSA) is 90.1 Å². The Morgan fingerprint density at radius 3 is 3.00 bits per heavy atom. The molecule has 2 heterocycles. The number of carboxylic acid groups (broad SMARTS) is 1. The third-order valence-electron chi connectivity index (χ3n) is 3.30. The number of rotatable bonds is 5. The van der Waals surface area contributed by atoms with Gasteiger partial charge in [0.05, 0.1) is 6.10 Å². The number of carboxylic acids is 1. The van der Waals surface area contributed by atoms with Crippen molar-refractivity contribution >= 4 is 5.97 Å². The van der Waals surface area contributed by atoms with E-state index >= 15 is 0 Å². The van der Waals surface area contributed by atoms with E-state index in [1.165, 1.54) is 4.68 Å². The molecule has 0 aliphatic carbocycles. The van der Waals surface area contributed by atoms with Crippen LogP contribution in [-0.4, -0.2) is 44.0 Å². The maximum atomic E-state index is 11.2. The minimum absolute atomic E-state index is 0.253. The molecule has 1 N–H and O–H groups in total. The Morgan fingerprint density at radius 1 is 1.61 bits per heavy atom. The van der Waals surface area contributed by atoms with Gasteiger partial charge >= 0.3 is 5.97 Å². The first-order valence-electron chi connectivity index (χ1n) is 6.14. The first-order chi connectivity index (χ1) is 8.51. The highest BCUT2D eigenvalue weighted by Gasteiger charge is 2.33. The van der Waals surface area contributed by atoms with E-state index in [0.717, 1.165) is 25.9 Å². The number of hydrogen-bond acceptors (Lipinski definition) is 5. The molecule has 2 rings (SSSR count). The molecule has 1 unspecified atom stereocenters. The highest BCUT2D eigenvalue weighted by atomic mass is 16.5. The number of aliphatic carboxylic acids is 1. The van der Waals surface area contributed by atoms with Crippen molar-refractivity contribution in [1.82, 2.24) is 20.2 Å². The average molecular weight is 254 g/mol. The van der Waals surface area contributed by atoms with Gasteiger partial charge in [-0.1, -0.05) is 0 Å². The summed E-state index contributed by atoms with van der Waals surface area (Å²) in [6, 6.07) is 0. The molecular weight excluding hydrogens is 236 g/mol. The number of aromatic nitrogens is 4. The van der Waals surface area contributed by atoms with E-state index in [4.69, 9.17) is 4.74 Å². The van der Waals surface area contributed by atoms with Crippen molar-refractivity contribution in [3.8, 4) is 0 Å². The number of tetrazole rings is 1. The molecule has 1 aliphatic rings. The first-order valence-corrected chi connectivity index (χ1v) is 6.14. The van der Waals surface area contributed by atoms with Crippen LogP contribution in [0, 0.1) is 0 Å². The van der Waals surface area contributed by atoms with E-state index in [-0.39, 0.29) is 6.10 Å². The van der Waals surface area contributed by atoms with E-state index in [9.17, 15) is 9.90 Å². The van der Waals surface area contributed by atoms with Crippen molar-refractivity contribution in [2.24, 2.45) is 0 Å². The summed E-state index contributed by atoms with van der Waals surface area (Å²) in [6.07, 6.45) is 3.87. The first kappa shape index (κ1) is 12.9. The zero-order chi connectivity index (χ0) is 13.2. The van der Waals surface area contributed by atoms with Crippen molar-refractivity contribution in [2.45, 2.75) is 51.2 Å². The summed E-state index contributed by atoms with van der Waals surface area (Å²) in [5.74, 6) is -0.355. The minimum atomic E-state index is -1.13. The molecule has 1 atom stereocenters. The van der Waals surface area contributed by atoms with Gasteiger partial charge in [0.2, 0.25) is 0 Å². The van der Waals surface area contributed by atoms with E-state index in [1.807, 2.05) is 0 Å². The monoisotopic (exact) mass is 254 g/mol. The lowest BCUT2D eigenvalue weighted by atomic mass is 10.1. The number of carbonyl (C=O) groups is 1. The maximum Gasteiger partial charge on any atom is 0.331 e. The van der Waals surface area contributed by atoms with Gasteiger partial charge < -0.3 is 9.84 Å². The van der Waals surface area contributed by atoms with Gasteiger partial charge in [-0.15, -0.1) is 5.10 Å². The van der Waals surface area contributed by atoms with Crippen LogP contribution in [0.25, 0.3) is 0 Å². The number of ether oxygens (including phenoxy) is 1. The van der Waals surface area contributed by atoms with Crippen LogP contribution < -0.4 is 0 Å². The van der Waals surface area contributed by atoms with E-state index < -0.39 is 11.5 Å². The molecule has 1 aliphatic heterocycles. The summed E-state index contributed by atoms with van der Waals surface area (Å²) in [4.78, 5) is 11.2. The van der Waals surface area contributed by atoms with Gasteiger partial charge in [0, 0.05) is 13.0 Å². The minimum Gasteiger partial charge on any atom is -0.479 e. The molecule has 0 spiro atoms. The van der Waals surface area contributed by atoms with Crippen molar-refractivity contribution in [3.63, 3.8) is 0 Å². The Kier molecular flexibility index (Phi) is 3.60. The van der Waals surface area contributed by atoms with E-state index in [0.29, 0.717) is 12.2 Å². The Hall–Kier alpha value is -1.50. The molecular formula is C11H18N4O3. The molecule has 0 saturated carbocycles. The summed E-state index contributed by atoms with van der Waals surface area (Å²) in [5.41, 5.74) is -1.13. The lowest BCUT2D eigenvalue weighted by Crippen LogP contribution is -2.38. The van der Waals surface area contributed by atoms with Gasteiger partial charge in [-0.05, 0) is 43.5 Å². The smallest absolute Gasteiger partial charge is 0.331 e. The second-order valence-corrected chi connectivity index (χ2v) is 5.04. The predicted octanol–water partition coefficient (Wildman–Crippen LogP) is 0.604. The second-order valence-electron chi connectivity index (χ2n) is 5.04. The third-order valence-corrected chi connectivity index (χ3v) is 3.30. The molecule has 18 heavy (non-hydrogen) atoms. The van der Waals surface area contributed by atoms with Crippen LogP contribution in [0.5, 0.6) is 0 Å². The normalized spacial score (nSPS) is 20.2. The summed E-state index contributed by atoms with van der Waals surface area (Å²) in [6.45, 7) is 3.98. The second kappa shape index (κ2) is 5.01. The van der Waals surface area contributed by atoms with Crippen LogP contribution in [0.4, 0.5) is 0 Å². The fourth-order valence-electron chi connectivity index (χ4n) is 2.05. The van der Waals surface area contributed by atoms with Gasteiger partial charge in [0.25, 0.3) is 0 Å². The Labute approximate surface area is 105 Å². The zero-order valence-corrected chi connectivity index (χ0v) is 10.7. The molecule has 7 nitrogen and oxygen atoms in total. The molecule has 1 fully saturated rings. The molecule has 7 heteroatoms. The lowest BCUT2D eigenvalue weighted by molar-refractivity contribution is -0.146. The number of hydrogen-bond donors (Lipinski definition) is 1. The molecule has 0 radical (unpaired) electrons. The SMILES string of the molecule is CC(C)(C(=O)O)n1nnnc1CCC1CCCO1. The Morgan fingerprint density at radius 2 is 2.39 bits per heavy atom. The molecule has 0 bridgehead atoms. The zero-order valence-electron chi connectivity index (χ0n) is 10.7. The third kappa shape index (κ3) is 2.50. The van der Waals surface area contributed by atoms with Crippen LogP contribution in [0.3, 0.4) is 0 Å². The molecule has 0 amide bonds. The summed E-state index contributed by atoms with van der Waals surface area (Å²) < 4.78 is 6.91. The van der Waals surface area contributed by atoms with Crippen LogP contribution in [0.2, 0.25) is 0 Å². The highest BCUT2D eigenvalue weighted by Crippen LogP contribution is 2.20. The van der Waals surface area contributed by atoms with Crippen molar-refractivity contribution in [2.75, 3.05) is 6.61 Å². The fraction of sp³-hybridized carbons (Fsp3) is 0.818. The van der Waals surface area contributed by atoms with Crippen LogP contribution in [0.15, 0.2) is 0 Å². The molecule has 100 valence electrons. The van der Waals surface area contributed by atoms with Gasteiger partial charge in [0.1, 0.15) is 0 Å². The lowest BCUT2D eigenvalue weighted by Gasteiger charge is -2.20. The summed E-state index contributed by atoms with van der Waals surface area (Å²) in [5, 5.41) is 20.4. The average Bonchev–Trinajstić information content (AvgIpc) is 2.97. The standard InChI is InChI=1S/C11H18N4O3/c1-11(2,10(16)17)15-9(12-13-14-15)6-5-8-4-3-7-18-8/h8H,3-7H2,1-2H3,(H,16,17). The van der Waals surface area contributed by atoms with Crippen molar-refractivity contribution < 1.29 is 14.6 Å².